The Balaban J connectivity index is 1.48. The second-order valence-corrected chi connectivity index (χ2v) is 14.0. The van der Waals surface area contributed by atoms with Crippen molar-refractivity contribution in [3.63, 3.8) is 0 Å². The standard InChI is InChI=1S/C38H53N3O7/c1-5-8-19-31(43)47-24-28(26-15-11-9-12-16-26)39-35(44)32-30-20-21-38(48-30)33(32)36(45)41(29(23-42)25(4)7-3)34(38)37(46)40(22-6-2)27-17-13-10-14-18-27/h5-6,9,11-12,15-16,25,27-30,32-34,42H,1-2,7-8,10,13-14,17-24H2,3-4H3,(H,39,44)/t25-,28+,29-,30-,32+,33+,34-,38+/m0/s1. The zero-order chi connectivity index (χ0) is 34.4. The minimum atomic E-state index is -1.19. The first-order valence-corrected chi connectivity index (χ1v) is 17.9. The van der Waals surface area contributed by atoms with Gasteiger partial charge in [-0.1, -0.05) is 82.0 Å². The number of nitrogens with zero attached hydrogens (tertiary/aromatic N) is 2. The molecule has 3 aliphatic heterocycles. The summed E-state index contributed by atoms with van der Waals surface area (Å²) in [5.74, 6) is -3.07. The summed E-state index contributed by atoms with van der Waals surface area (Å²) in [5.41, 5.74) is -0.423. The lowest BCUT2D eigenvalue weighted by molar-refractivity contribution is -0.154. The van der Waals surface area contributed by atoms with E-state index in [-0.39, 0.29) is 49.3 Å². The number of rotatable bonds is 16. The molecule has 3 amide bonds. The molecule has 1 aliphatic carbocycles. The molecule has 0 radical (unpaired) electrons. The fourth-order valence-electron chi connectivity index (χ4n) is 8.59. The fraction of sp³-hybridized carbons (Fsp3) is 0.632. The van der Waals surface area contributed by atoms with Crippen LogP contribution in [-0.4, -0.2) is 88.2 Å². The number of likely N-dealkylation sites (tertiary alicyclic amines) is 1. The van der Waals surface area contributed by atoms with Crippen molar-refractivity contribution in [3.8, 4) is 0 Å². The van der Waals surface area contributed by atoms with E-state index in [0.717, 1.165) is 37.7 Å². The number of hydrogen-bond acceptors (Lipinski definition) is 7. The van der Waals surface area contributed by atoms with Gasteiger partial charge in [-0.2, -0.15) is 0 Å². The molecule has 2 N–H and O–H groups in total. The number of allylic oxidation sites excluding steroid dienone is 1. The first kappa shape index (κ1) is 35.8. The predicted molar refractivity (Wildman–Crippen MR) is 181 cm³/mol. The normalized spacial score (nSPS) is 28.3. The van der Waals surface area contributed by atoms with Gasteiger partial charge in [0.05, 0.1) is 36.6 Å². The van der Waals surface area contributed by atoms with E-state index in [4.69, 9.17) is 9.47 Å². The fourth-order valence-corrected chi connectivity index (χ4v) is 8.59. The number of carbonyl (C=O) groups excluding carboxylic acids is 4. The highest BCUT2D eigenvalue weighted by molar-refractivity contribution is 5.99. The van der Waals surface area contributed by atoms with E-state index in [1.165, 1.54) is 0 Å². The Bertz CT molecular complexity index is 1330. The zero-order valence-electron chi connectivity index (χ0n) is 28.6. The number of esters is 1. The Morgan fingerprint density at radius 1 is 1.15 bits per heavy atom. The third-order valence-electron chi connectivity index (χ3n) is 11.2. The molecule has 5 rings (SSSR count). The van der Waals surface area contributed by atoms with Crippen molar-refractivity contribution in [1.82, 2.24) is 15.1 Å². The first-order valence-electron chi connectivity index (χ1n) is 17.9. The molecule has 1 aromatic carbocycles. The SMILES string of the molecule is C=CCCC(=O)OC[C@@H](NC(=O)[C@@H]1[C@@H]2CC[C@]3(O2)[C@H](C(=O)N(CC=C)C2CCCCC2)N([C@@H](CO)[C@@H](C)CC)C(=O)[C@@H]13)c1ccccc1. The van der Waals surface area contributed by atoms with E-state index in [2.05, 4.69) is 18.5 Å². The van der Waals surface area contributed by atoms with Crippen LogP contribution in [0, 0.1) is 17.8 Å². The van der Waals surface area contributed by atoms with Crippen LogP contribution in [-0.2, 0) is 28.7 Å². The molecule has 1 aromatic rings. The molecule has 0 unspecified atom stereocenters. The molecule has 3 saturated heterocycles. The average molecular weight is 664 g/mol. The molecule has 1 saturated carbocycles. The minimum Gasteiger partial charge on any atom is -0.463 e. The number of ether oxygens (including phenoxy) is 2. The van der Waals surface area contributed by atoms with Gasteiger partial charge in [0.25, 0.3) is 0 Å². The molecule has 8 atom stereocenters. The van der Waals surface area contributed by atoms with Gasteiger partial charge in [-0.25, -0.2) is 0 Å². The molecule has 10 nitrogen and oxygen atoms in total. The maximum absolute atomic E-state index is 14.9. The van der Waals surface area contributed by atoms with Crippen LogP contribution in [0.3, 0.4) is 0 Å². The van der Waals surface area contributed by atoms with Crippen molar-refractivity contribution < 1.29 is 33.8 Å². The van der Waals surface area contributed by atoms with Gasteiger partial charge in [0.2, 0.25) is 17.7 Å². The minimum absolute atomic E-state index is 0.0337. The van der Waals surface area contributed by atoms with Crippen molar-refractivity contribution >= 4 is 23.7 Å². The van der Waals surface area contributed by atoms with E-state index in [1.54, 1.807) is 17.1 Å². The summed E-state index contributed by atoms with van der Waals surface area (Å²) in [6, 6.07) is 7.11. The van der Waals surface area contributed by atoms with E-state index < -0.39 is 47.6 Å². The van der Waals surface area contributed by atoms with E-state index in [9.17, 15) is 24.3 Å². The van der Waals surface area contributed by atoms with E-state index >= 15 is 0 Å². The third-order valence-corrected chi connectivity index (χ3v) is 11.2. The Kier molecular flexibility index (Phi) is 11.8. The molecular formula is C38H53N3O7. The van der Waals surface area contributed by atoms with Gasteiger partial charge in [-0.3, -0.25) is 19.2 Å². The quantitative estimate of drug-likeness (QED) is 0.197. The number of benzene rings is 1. The topological polar surface area (TPSA) is 125 Å². The van der Waals surface area contributed by atoms with Crippen LogP contribution in [0.2, 0.25) is 0 Å². The predicted octanol–water partition coefficient (Wildman–Crippen LogP) is 4.48. The summed E-state index contributed by atoms with van der Waals surface area (Å²) < 4.78 is 12.3. The van der Waals surface area contributed by atoms with Gasteiger partial charge in [-0.05, 0) is 43.6 Å². The Morgan fingerprint density at radius 3 is 2.52 bits per heavy atom. The maximum atomic E-state index is 14.9. The van der Waals surface area contributed by atoms with Crippen molar-refractivity contribution in [1.29, 1.82) is 0 Å². The number of amides is 3. The number of nitrogens with one attached hydrogen (secondary N) is 1. The first-order chi connectivity index (χ1) is 23.2. The monoisotopic (exact) mass is 663 g/mol. The summed E-state index contributed by atoms with van der Waals surface area (Å²) in [5, 5.41) is 13.8. The molecule has 48 heavy (non-hydrogen) atoms. The van der Waals surface area contributed by atoms with Gasteiger partial charge in [0, 0.05) is 19.0 Å². The Labute approximate surface area is 284 Å². The summed E-state index contributed by atoms with van der Waals surface area (Å²) in [6.07, 6.45) is 10.2. The molecule has 4 aliphatic rings. The molecule has 10 heteroatoms. The van der Waals surface area contributed by atoms with Crippen LogP contribution < -0.4 is 5.32 Å². The number of carbonyl (C=O) groups is 4. The molecule has 1 spiro atoms. The van der Waals surface area contributed by atoms with Gasteiger partial charge in [0.15, 0.2) is 0 Å². The zero-order valence-corrected chi connectivity index (χ0v) is 28.6. The lowest BCUT2D eigenvalue weighted by atomic mass is 9.70. The largest absolute Gasteiger partial charge is 0.463 e. The van der Waals surface area contributed by atoms with Crippen LogP contribution in [0.25, 0.3) is 0 Å². The number of hydrogen-bond donors (Lipinski definition) is 2. The van der Waals surface area contributed by atoms with Crippen molar-refractivity contribution in [2.45, 2.75) is 114 Å². The van der Waals surface area contributed by atoms with Gasteiger partial charge < -0.3 is 29.7 Å². The Hall–Kier alpha value is -3.50. The number of aliphatic hydroxyl groups is 1. The smallest absolute Gasteiger partial charge is 0.306 e. The van der Waals surface area contributed by atoms with E-state index in [0.29, 0.717) is 32.2 Å². The summed E-state index contributed by atoms with van der Waals surface area (Å²) in [7, 11) is 0. The molecular weight excluding hydrogens is 610 g/mol. The highest BCUT2D eigenvalue weighted by Gasteiger charge is 2.75. The molecule has 262 valence electrons. The number of fused-ring (bicyclic) bond motifs is 1. The number of aliphatic hydroxyl groups excluding tert-OH is 1. The third kappa shape index (κ3) is 6.83. The van der Waals surface area contributed by atoms with Crippen LogP contribution >= 0.6 is 0 Å². The molecule has 3 heterocycles. The van der Waals surface area contributed by atoms with Crippen LogP contribution in [0.15, 0.2) is 55.6 Å². The Morgan fingerprint density at radius 2 is 1.88 bits per heavy atom. The second-order valence-electron chi connectivity index (χ2n) is 14.0. The van der Waals surface area contributed by atoms with Gasteiger partial charge in [-0.15, -0.1) is 13.2 Å². The molecule has 4 fully saturated rings. The lowest BCUT2D eigenvalue weighted by Gasteiger charge is -2.43. The van der Waals surface area contributed by atoms with Gasteiger partial charge >= 0.3 is 5.97 Å². The highest BCUT2D eigenvalue weighted by atomic mass is 16.5. The molecule has 2 bridgehead atoms. The van der Waals surface area contributed by atoms with Crippen LogP contribution in [0.5, 0.6) is 0 Å². The highest BCUT2D eigenvalue weighted by Crippen LogP contribution is 2.59. The summed E-state index contributed by atoms with van der Waals surface area (Å²) >= 11 is 0. The average Bonchev–Trinajstić information content (AvgIpc) is 3.76. The van der Waals surface area contributed by atoms with Crippen molar-refractivity contribution in [3.05, 3.63) is 61.2 Å². The van der Waals surface area contributed by atoms with Crippen LogP contribution in [0.1, 0.15) is 89.7 Å². The van der Waals surface area contributed by atoms with Crippen molar-refractivity contribution in [2.75, 3.05) is 19.8 Å². The van der Waals surface area contributed by atoms with Gasteiger partial charge in [0.1, 0.15) is 18.2 Å². The van der Waals surface area contributed by atoms with Crippen molar-refractivity contribution in [2.24, 2.45) is 17.8 Å². The summed E-state index contributed by atoms with van der Waals surface area (Å²) in [4.78, 5) is 59.8. The maximum Gasteiger partial charge on any atom is 0.306 e. The van der Waals surface area contributed by atoms with Crippen LogP contribution in [0.4, 0.5) is 0 Å². The second kappa shape index (κ2) is 15.8. The summed E-state index contributed by atoms with van der Waals surface area (Å²) in [6.45, 7) is 11.6. The lowest BCUT2D eigenvalue weighted by Crippen LogP contribution is -2.61. The molecule has 0 aromatic heterocycles. The van der Waals surface area contributed by atoms with E-state index in [1.807, 2.05) is 49.1 Å².